The molecule has 5 heteroatoms. The maximum absolute atomic E-state index is 12.3. The zero-order chi connectivity index (χ0) is 14.8. The molecule has 0 fully saturated rings. The topological polar surface area (TPSA) is 63.4 Å². The molecule has 1 aromatic carbocycles. The van der Waals surface area contributed by atoms with Crippen LogP contribution in [0.4, 0.5) is 0 Å². The van der Waals surface area contributed by atoms with Crippen LogP contribution in [0.15, 0.2) is 35.7 Å². The lowest BCUT2D eigenvalue weighted by atomic mass is 10.1. The highest BCUT2D eigenvalue weighted by Gasteiger charge is 2.35. The monoisotopic (exact) mass is 296 g/mol. The molecule has 2 N–H and O–H groups in total. The molecule has 104 valence electrons. The number of hydrogen-bond acceptors (Lipinski definition) is 4. The summed E-state index contributed by atoms with van der Waals surface area (Å²) in [6.45, 7) is 0.588. The lowest BCUT2D eigenvalue weighted by Gasteiger charge is -2.11. The van der Waals surface area contributed by atoms with Gasteiger partial charge >= 0.3 is 0 Å². The SMILES string of the molecule is NCC#Cc1csc(CN2C(=O)c3ccccc3C2=O)c1. The maximum atomic E-state index is 12.3. The van der Waals surface area contributed by atoms with Crippen molar-refractivity contribution in [1.29, 1.82) is 0 Å². The molecule has 4 nitrogen and oxygen atoms in total. The van der Waals surface area contributed by atoms with Gasteiger partial charge in [-0.1, -0.05) is 24.0 Å². The van der Waals surface area contributed by atoms with Gasteiger partial charge in [-0.3, -0.25) is 14.5 Å². The first-order valence-electron chi connectivity index (χ1n) is 6.42. The molecule has 2 aromatic rings. The number of hydrogen-bond donors (Lipinski definition) is 1. The highest BCUT2D eigenvalue weighted by Crippen LogP contribution is 2.26. The van der Waals surface area contributed by atoms with Crippen LogP contribution in [-0.4, -0.2) is 23.3 Å². The number of carbonyl (C=O) groups excluding carboxylic acids is 2. The van der Waals surface area contributed by atoms with E-state index in [2.05, 4.69) is 11.8 Å². The summed E-state index contributed by atoms with van der Waals surface area (Å²) in [4.78, 5) is 26.7. The number of fused-ring (bicyclic) bond motifs is 1. The Labute approximate surface area is 126 Å². The van der Waals surface area contributed by atoms with E-state index in [9.17, 15) is 9.59 Å². The Kier molecular flexibility index (Phi) is 3.57. The van der Waals surface area contributed by atoms with Gasteiger partial charge in [0.25, 0.3) is 11.8 Å². The molecule has 0 unspecified atom stereocenters. The molecule has 0 atom stereocenters. The van der Waals surface area contributed by atoms with E-state index in [1.807, 2.05) is 11.4 Å². The van der Waals surface area contributed by atoms with Gasteiger partial charge in [0.1, 0.15) is 0 Å². The average molecular weight is 296 g/mol. The predicted octanol–water partition coefficient (Wildman–Crippen LogP) is 1.85. The van der Waals surface area contributed by atoms with Crippen molar-refractivity contribution >= 4 is 23.2 Å². The van der Waals surface area contributed by atoms with Crippen LogP contribution in [0, 0.1) is 11.8 Å². The molecule has 1 aliphatic rings. The Morgan fingerprint density at radius 2 is 1.81 bits per heavy atom. The lowest BCUT2D eigenvalue weighted by molar-refractivity contribution is 0.0644. The van der Waals surface area contributed by atoms with Crippen LogP contribution >= 0.6 is 11.3 Å². The van der Waals surface area contributed by atoms with E-state index < -0.39 is 0 Å². The molecule has 2 amide bonds. The molecule has 0 spiro atoms. The van der Waals surface area contributed by atoms with Crippen LogP contribution in [0.3, 0.4) is 0 Å². The van der Waals surface area contributed by atoms with Crippen LogP contribution in [-0.2, 0) is 6.54 Å². The molecule has 1 aliphatic heterocycles. The molecular formula is C16H12N2O2S. The molecule has 3 rings (SSSR count). The van der Waals surface area contributed by atoms with Crippen LogP contribution < -0.4 is 5.73 Å². The molecule has 0 aliphatic carbocycles. The first-order valence-corrected chi connectivity index (χ1v) is 7.30. The first kappa shape index (κ1) is 13.6. The molecule has 0 saturated carbocycles. The number of thiophene rings is 1. The van der Waals surface area contributed by atoms with Crippen LogP contribution in [0.2, 0.25) is 0 Å². The number of nitrogens with two attached hydrogens (primary N) is 1. The van der Waals surface area contributed by atoms with Gasteiger partial charge in [-0.25, -0.2) is 0 Å². The van der Waals surface area contributed by atoms with E-state index in [4.69, 9.17) is 5.73 Å². The van der Waals surface area contributed by atoms with Gasteiger partial charge in [0.05, 0.1) is 24.2 Å². The number of benzene rings is 1. The Morgan fingerprint density at radius 3 is 2.43 bits per heavy atom. The van der Waals surface area contributed by atoms with Crippen molar-refractivity contribution in [2.45, 2.75) is 6.54 Å². The van der Waals surface area contributed by atoms with E-state index in [1.54, 1.807) is 24.3 Å². The minimum Gasteiger partial charge on any atom is -0.320 e. The van der Waals surface area contributed by atoms with Gasteiger partial charge in [-0.15, -0.1) is 11.3 Å². The van der Waals surface area contributed by atoms with Crippen molar-refractivity contribution in [3.8, 4) is 11.8 Å². The van der Waals surface area contributed by atoms with Gasteiger partial charge in [0.15, 0.2) is 0 Å². The third-order valence-corrected chi connectivity index (χ3v) is 4.10. The third-order valence-electron chi connectivity index (χ3n) is 3.18. The van der Waals surface area contributed by atoms with Gasteiger partial charge in [0, 0.05) is 15.8 Å². The fourth-order valence-electron chi connectivity index (χ4n) is 2.22. The smallest absolute Gasteiger partial charge is 0.261 e. The summed E-state index contributed by atoms with van der Waals surface area (Å²) < 4.78 is 0. The summed E-state index contributed by atoms with van der Waals surface area (Å²) in [6.07, 6.45) is 0. The van der Waals surface area contributed by atoms with E-state index >= 15 is 0 Å². The number of carbonyl (C=O) groups is 2. The largest absolute Gasteiger partial charge is 0.320 e. The van der Waals surface area contributed by atoms with Gasteiger partial charge in [-0.05, 0) is 18.2 Å². The van der Waals surface area contributed by atoms with Crippen molar-refractivity contribution in [3.05, 3.63) is 57.3 Å². The van der Waals surface area contributed by atoms with Gasteiger partial charge in [0.2, 0.25) is 0 Å². The second-order valence-corrected chi connectivity index (χ2v) is 5.55. The Bertz CT molecular complexity index is 748. The molecule has 21 heavy (non-hydrogen) atoms. The second-order valence-electron chi connectivity index (χ2n) is 4.55. The van der Waals surface area contributed by atoms with E-state index in [0.29, 0.717) is 17.7 Å². The van der Waals surface area contributed by atoms with Gasteiger partial charge in [-0.2, -0.15) is 0 Å². The first-order chi connectivity index (χ1) is 10.2. The molecular weight excluding hydrogens is 284 g/mol. The average Bonchev–Trinajstić information content (AvgIpc) is 3.05. The Balaban J connectivity index is 1.82. The quantitative estimate of drug-likeness (QED) is 0.679. The lowest BCUT2D eigenvalue weighted by Crippen LogP contribution is -2.28. The van der Waals surface area contributed by atoms with E-state index in [-0.39, 0.29) is 18.4 Å². The standard InChI is InChI=1S/C16H12N2O2S/c17-7-3-4-11-8-12(21-10-11)9-18-15(19)13-5-1-2-6-14(13)16(18)20/h1-2,5-6,8,10H,7,9,17H2. The zero-order valence-corrected chi connectivity index (χ0v) is 11.9. The highest BCUT2D eigenvalue weighted by molar-refractivity contribution is 7.10. The second kappa shape index (κ2) is 5.52. The number of nitrogens with zero attached hydrogens (tertiary/aromatic N) is 1. The summed E-state index contributed by atoms with van der Waals surface area (Å²) in [7, 11) is 0. The molecule has 1 aromatic heterocycles. The minimum atomic E-state index is -0.237. The van der Waals surface area contributed by atoms with Crippen molar-refractivity contribution in [2.75, 3.05) is 6.54 Å². The summed E-state index contributed by atoms with van der Waals surface area (Å²) in [5, 5.41) is 1.90. The van der Waals surface area contributed by atoms with Crippen molar-refractivity contribution in [1.82, 2.24) is 4.90 Å². The van der Waals surface area contributed by atoms with Crippen LogP contribution in [0.5, 0.6) is 0 Å². The molecule has 0 saturated heterocycles. The Morgan fingerprint density at radius 1 is 1.14 bits per heavy atom. The van der Waals surface area contributed by atoms with E-state index in [1.165, 1.54) is 16.2 Å². The number of rotatable bonds is 2. The number of imide groups is 1. The zero-order valence-electron chi connectivity index (χ0n) is 11.1. The summed E-state index contributed by atoms with van der Waals surface area (Å²) in [5.74, 6) is 5.24. The van der Waals surface area contributed by atoms with Crippen molar-refractivity contribution in [3.63, 3.8) is 0 Å². The highest BCUT2D eigenvalue weighted by atomic mass is 32.1. The fraction of sp³-hybridized carbons (Fsp3) is 0.125. The predicted molar refractivity (Wildman–Crippen MR) is 80.9 cm³/mol. The van der Waals surface area contributed by atoms with Gasteiger partial charge < -0.3 is 5.73 Å². The summed E-state index contributed by atoms with van der Waals surface area (Å²) in [6, 6.07) is 8.78. The molecule has 0 radical (unpaired) electrons. The van der Waals surface area contributed by atoms with Crippen LogP contribution in [0.25, 0.3) is 0 Å². The third kappa shape index (κ3) is 2.47. The molecule has 2 heterocycles. The maximum Gasteiger partial charge on any atom is 0.261 e. The van der Waals surface area contributed by atoms with Crippen molar-refractivity contribution in [2.24, 2.45) is 5.73 Å². The fourth-order valence-corrected chi connectivity index (χ4v) is 3.02. The molecule has 0 bridgehead atoms. The normalized spacial score (nSPS) is 13.1. The van der Waals surface area contributed by atoms with Crippen LogP contribution in [0.1, 0.15) is 31.2 Å². The number of amides is 2. The Hall–Kier alpha value is -2.42. The summed E-state index contributed by atoms with van der Waals surface area (Å²) >= 11 is 1.48. The minimum absolute atomic E-state index is 0.237. The van der Waals surface area contributed by atoms with E-state index in [0.717, 1.165) is 10.4 Å². The van der Waals surface area contributed by atoms with Crippen molar-refractivity contribution < 1.29 is 9.59 Å². The summed E-state index contributed by atoms with van der Waals surface area (Å²) in [5.41, 5.74) is 7.14.